The highest BCUT2D eigenvalue weighted by molar-refractivity contribution is 7.90. The monoisotopic (exact) mass is 478 g/mol. The van der Waals surface area contributed by atoms with Crippen molar-refractivity contribution in [2.75, 3.05) is 37.7 Å². The maximum Gasteiger partial charge on any atom is 0.281 e. The first-order valence-electron chi connectivity index (χ1n) is 9.91. The Morgan fingerprint density at radius 1 is 1.25 bits per heavy atom. The lowest BCUT2D eigenvalue weighted by Crippen LogP contribution is -2.41. The van der Waals surface area contributed by atoms with Crippen molar-refractivity contribution in [3.05, 3.63) is 40.4 Å². The Hall–Kier alpha value is -3.03. The predicted molar refractivity (Wildman–Crippen MR) is 118 cm³/mol. The zero-order valence-electron chi connectivity index (χ0n) is 17.3. The van der Waals surface area contributed by atoms with Crippen molar-refractivity contribution in [2.45, 2.75) is 18.2 Å². The van der Waals surface area contributed by atoms with Crippen LogP contribution >= 0.6 is 11.3 Å². The summed E-state index contributed by atoms with van der Waals surface area (Å²) < 4.78 is 31.9. The number of amides is 2. The van der Waals surface area contributed by atoms with E-state index in [4.69, 9.17) is 4.74 Å². The third kappa shape index (κ3) is 4.74. The SMILES string of the molecule is Cc1nc(N2CCOCC2)sc1C(=O)NNC(=O)CCN=C1NS(=O)(=O)c2ccccc21. The lowest BCUT2D eigenvalue weighted by molar-refractivity contribution is -0.121. The molecule has 0 bridgehead atoms. The van der Waals surface area contributed by atoms with E-state index < -0.39 is 21.8 Å². The van der Waals surface area contributed by atoms with Gasteiger partial charge in [-0.3, -0.25) is 30.2 Å². The van der Waals surface area contributed by atoms with E-state index in [1.165, 1.54) is 17.4 Å². The van der Waals surface area contributed by atoms with E-state index in [-0.39, 0.29) is 23.7 Å². The molecule has 2 amide bonds. The molecule has 2 aliphatic rings. The van der Waals surface area contributed by atoms with Gasteiger partial charge in [-0.05, 0) is 19.1 Å². The topological polar surface area (TPSA) is 142 Å². The van der Waals surface area contributed by atoms with Crippen LogP contribution in [0.4, 0.5) is 5.13 Å². The third-order valence-electron chi connectivity index (χ3n) is 4.86. The summed E-state index contributed by atoms with van der Waals surface area (Å²) in [6.07, 6.45) is -0.0334. The number of ether oxygens (including phenoxy) is 1. The molecule has 0 spiro atoms. The molecule has 0 atom stereocenters. The zero-order valence-corrected chi connectivity index (χ0v) is 18.9. The summed E-state index contributed by atoms with van der Waals surface area (Å²) in [6.45, 7) is 4.46. The van der Waals surface area contributed by atoms with E-state index in [2.05, 4.69) is 30.4 Å². The highest BCUT2D eigenvalue weighted by Crippen LogP contribution is 2.26. The van der Waals surface area contributed by atoms with Crippen molar-refractivity contribution in [1.29, 1.82) is 0 Å². The Morgan fingerprint density at radius 2 is 2.00 bits per heavy atom. The van der Waals surface area contributed by atoms with Gasteiger partial charge in [0, 0.05) is 25.1 Å². The van der Waals surface area contributed by atoms with Crippen molar-refractivity contribution >= 4 is 44.1 Å². The quantitative estimate of drug-likeness (QED) is 0.520. The summed E-state index contributed by atoms with van der Waals surface area (Å²) in [5, 5.41) is 0.748. The molecule has 2 aromatic rings. The maximum absolute atomic E-state index is 12.5. The molecule has 4 rings (SSSR count). The Bertz CT molecular complexity index is 1170. The normalized spacial score (nSPS) is 18.2. The van der Waals surface area contributed by atoms with Gasteiger partial charge in [-0.2, -0.15) is 0 Å². The number of aryl methyl sites for hydroxylation is 1. The summed E-state index contributed by atoms with van der Waals surface area (Å²) in [5.41, 5.74) is 5.80. The van der Waals surface area contributed by atoms with Crippen molar-refractivity contribution in [3.63, 3.8) is 0 Å². The fraction of sp³-hybridized carbons (Fsp3) is 0.368. The van der Waals surface area contributed by atoms with Crippen LogP contribution in [0.2, 0.25) is 0 Å². The number of rotatable bonds is 5. The maximum atomic E-state index is 12.5. The minimum absolute atomic E-state index is 0.0334. The summed E-state index contributed by atoms with van der Waals surface area (Å²) in [7, 11) is -3.62. The van der Waals surface area contributed by atoms with Gasteiger partial charge in [-0.15, -0.1) is 0 Å². The molecule has 170 valence electrons. The molecule has 32 heavy (non-hydrogen) atoms. The number of anilines is 1. The molecule has 3 N–H and O–H groups in total. The second-order valence-electron chi connectivity index (χ2n) is 7.09. The average Bonchev–Trinajstić information content (AvgIpc) is 3.30. The van der Waals surface area contributed by atoms with E-state index in [0.29, 0.717) is 42.4 Å². The van der Waals surface area contributed by atoms with E-state index in [9.17, 15) is 18.0 Å². The molecule has 0 radical (unpaired) electrons. The average molecular weight is 479 g/mol. The summed E-state index contributed by atoms with van der Waals surface area (Å²) in [4.78, 5) is 35.8. The first-order chi connectivity index (χ1) is 15.3. The van der Waals surface area contributed by atoms with Crippen molar-refractivity contribution in [2.24, 2.45) is 4.99 Å². The van der Waals surface area contributed by atoms with Gasteiger partial charge in [0.15, 0.2) is 5.13 Å². The van der Waals surface area contributed by atoms with Gasteiger partial charge in [0.25, 0.3) is 15.9 Å². The van der Waals surface area contributed by atoms with Gasteiger partial charge in [-0.1, -0.05) is 23.5 Å². The fourth-order valence-corrected chi connectivity index (χ4v) is 5.51. The number of fused-ring (bicyclic) bond motifs is 1. The van der Waals surface area contributed by atoms with Crippen LogP contribution in [0.5, 0.6) is 0 Å². The number of morpholine rings is 1. The lowest BCUT2D eigenvalue weighted by Gasteiger charge is -2.25. The van der Waals surface area contributed by atoms with Gasteiger partial charge in [-0.25, -0.2) is 13.4 Å². The zero-order chi connectivity index (χ0) is 22.7. The summed E-state index contributed by atoms with van der Waals surface area (Å²) in [5.74, 6) is -0.697. The van der Waals surface area contributed by atoms with Crippen LogP contribution in [0.25, 0.3) is 0 Å². The van der Waals surface area contributed by atoms with Crippen LogP contribution in [-0.2, 0) is 19.6 Å². The fourth-order valence-electron chi connectivity index (χ4n) is 3.25. The van der Waals surface area contributed by atoms with Gasteiger partial charge in [0.1, 0.15) is 10.7 Å². The first-order valence-corrected chi connectivity index (χ1v) is 12.2. The van der Waals surface area contributed by atoms with Gasteiger partial charge in [0.2, 0.25) is 5.91 Å². The number of amidine groups is 1. The number of aromatic nitrogens is 1. The number of nitrogens with one attached hydrogen (secondary N) is 3. The highest BCUT2D eigenvalue weighted by atomic mass is 32.2. The molecule has 2 aliphatic heterocycles. The highest BCUT2D eigenvalue weighted by Gasteiger charge is 2.30. The molecular formula is C19H22N6O5S2. The summed E-state index contributed by atoms with van der Waals surface area (Å²) in [6, 6.07) is 6.49. The van der Waals surface area contributed by atoms with Crippen LogP contribution in [0.3, 0.4) is 0 Å². The van der Waals surface area contributed by atoms with Gasteiger partial charge in [0.05, 0.1) is 30.3 Å². The molecule has 0 aliphatic carbocycles. The minimum atomic E-state index is -3.62. The van der Waals surface area contributed by atoms with Crippen LogP contribution in [0.15, 0.2) is 34.2 Å². The van der Waals surface area contributed by atoms with Crippen molar-refractivity contribution in [1.82, 2.24) is 20.6 Å². The number of carbonyl (C=O) groups is 2. The number of carbonyl (C=O) groups excluding carboxylic acids is 2. The van der Waals surface area contributed by atoms with Crippen LogP contribution in [0.1, 0.15) is 27.3 Å². The third-order valence-corrected chi connectivity index (χ3v) is 7.47. The van der Waals surface area contributed by atoms with E-state index in [1.807, 2.05) is 0 Å². The molecule has 1 saturated heterocycles. The Morgan fingerprint density at radius 3 is 2.78 bits per heavy atom. The Kier molecular flexibility index (Phi) is 6.39. The Balaban J connectivity index is 1.29. The number of hydrogen-bond donors (Lipinski definition) is 3. The van der Waals surface area contributed by atoms with Crippen LogP contribution < -0.4 is 20.5 Å². The molecule has 13 heteroatoms. The number of aliphatic imine (C=N–C) groups is 1. The van der Waals surface area contributed by atoms with Gasteiger partial charge < -0.3 is 9.64 Å². The van der Waals surface area contributed by atoms with E-state index in [1.54, 1.807) is 25.1 Å². The number of sulfonamides is 1. The second-order valence-corrected chi connectivity index (χ2v) is 9.72. The van der Waals surface area contributed by atoms with Crippen molar-refractivity contribution < 1.29 is 22.7 Å². The second kappa shape index (κ2) is 9.22. The molecule has 1 aromatic heterocycles. The molecule has 0 unspecified atom stereocenters. The van der Waals surface area contributed by atoms with Crippen molar-refractivity contribution in [3.8, 4) is 0 Å². The minimum Gasteiger partial charge on any atom is -0.378 e. The number of hydrogen-bond acceptors (Lipinski definition) is 9. The molecule has 11 nitrogen and oxygen atoms in total. The smallest absolute Gasteiger partial charge is 0.281 e. The molecule has 3 heterocycles. The molecular weight excluding hydrogens is 456 g/mol. The van der Waals surface area contributed by atoms with Gasteiger partial charge >= 0.3 is 0 Å². The predicted octanol–water partition coefficient (Wildman–Crippen LogP) is 0.178. The molecule has 0 saturated carbocycles. The van der Waals surface area contributed by atoms with E-state index in [0.717, 1.165) is 5.13 Å². The van der Waals surface area contributed by atoms with Crippen LogP contribution in [0, 0.1) is 6.92 Å². The molecule has 1 aromatic carbocycles. The largest absolute Gasteiger partial charge is 0.378 e. The number of thiazole rings is 1. The summed E-state index contributed by atoms with van der Waals surface area (Å²) >= 11 is 1.26. The Labute approximate surface area is 188 Å². The lowest BCUT2D eigenvalue weighted by atomic mass is 10.2. The number of hydrazine groups is 1. The van der Waals surface area contributed by atoms with E-state index >= 15 is 0 Å². The van der Waals surface area contributed by atoms with Crippen LogP contribution in [-0.4, -0.2) is 63.9 Å². The number of benzene rings is 1. The number of nitrogens with zero attached hydrogens (tertiary/aromatic N) is 3. The molecule has 1 fully saturated rings. The standard InChI is InChI=1S/C19H22N6O5S2/c1-12-16(31-19(21-12)25-8-10-30-11-9-25)18(27)23-22-15(26)6-7-20-17-13-4-2-3-5-14(13)32(28,29)24-17/h2-5H,6-11H2,1H3,(H,20,24)(H,22,26)(H,23,27). The first kappa shape index (κ1) is 22.2.